The Morgan fingerprint density at radius 1 is 0.812 bits per heavy atom. The molecule has 1 aliphatic rings. The fourth-order valence-electron chi connectivity index (χ4n) is 8.24. The minimum Gasteiger partial charge on any atom is -0.492 e. The van der Waals surface area contributed by atoms with Gasteiger partial charge in [-0.15, -0.1) is 11.3 Å². The van der Waals surface area contributed by atoms with Crippen LogP contribution in [0.15, 0.2) is 115 Å². The third-order valence-electron chi connectivity index (χ3n) is 12.0. The van der Waals surface area contributed by atoms with Gasteiger partial charge in [-0.05, 0) is 76.9 Å². The quantitative estimate of drug-likeness (QED) is 0.0393. The number of likely N-dealkylation sites (tertiary alicyclic amines) is 1. The highest BCUT2D eigenvalue weighted by molar-refractivity contribution is 7.13. The highest BCUT2D eigenvalue weighted by atomic mass is 32.1. The highest BCUT2D eigenvalue weighted by Crippen LogP contribution is 2.35. The smallest absolute Gasteiger partial charge is 0.246 e. The number of amides is 3. The van der Waals surface area contributed by atoms with Gasteiger partial charge in [0.15, 0.2) is 0 Å². The van der Waals surface area contributed by atoms with Gasteiger partial charge in [-0.2, -0.15) is 0 Å². The second-order valence-corrected chi connectivity index (χ2v) is 19.2. The van der Waals surface area contributed by atoms with Crippen molar-refractivity contribution in [3.63, 3.8) is 0 Å². The number of nitrogens with zero attached hydrogens (tertiary/aromatic N) is 3. The van der Waals surface area contributed by atoms with E-state index in [0.29, 0.717) is 26.4 Å². The van der Waals surface area contributed by atoms with E-state index in [-0.39, 0.29) is 45.2 Å². The summed E-state index contributed by atoms with van der Waals surface area (Å²) in [6, 6.07) is 35.5. The second kappa shape index (κ2) is 26.3. The molecule has 2 heterocycles. The van der Waals surface area contributed by atoms with E-state index in [2.05, 4.69) is 88.1 Å². The molecule has 0 aliphatic carbocycles. The zero-order valence-corrected chi connectivity index (χ0v) is 41.8. The van der Waals surface area contributed by atoms with Crippen molar-refractivity contribution in [1.82, 2.24) is 25.4 Å². The number of aromatic nitrogens is 1. The molecule has 0 spiro atoms. The van der Waals surface area contributed by atoms with Gasteiger partial charge in [-0.3, -0.25) is 14.4 Å². The van der Waals surface area contributed by atoms with Gasteiger partial charge in [0.2, 0.25) is 17.7 Å². The normalized spacial score (nSPS) is 15.7. The monoisotopic (exact) mass is 959 g/mol. The van der Waals surface area contributed by atoms with E-state index in [1.165, 1.54) is 27.2 Å². The largest absolute Gasteiger partial charge is 0.492 e. The molecule has 3 amide bonds. The number of allylic oxidation sites excluding steroid dienone is 1. The summed E-state index contributed by atoms with van der Waals surface area (Å²) >= 11 is 1.58. The Morgan fingerprint density at radius 2 is 1.42 bits per heavy atom. The van der Waals surface area contributed by atoms with Crippen LogP contribution in [0, 0.1) is 12.3 Å². The van der Waals surface area contributed by atoms with Crippen LogP contribution in [0.3, 0.4) is 0 Å². The molecule has 1 aliphatic heterocycles. The van der Waals surface area contributed by atoms with Crippen LogP contribution in [0.5, 0.6) is 5.75 Å². The molecular formula is C55H69N5O8S. The maximum atomic E-state index is 14.0. The maximum absolute atomic E-state index is 14.0. The number of thiazole rings is 1. The van der Waals surface area contributed by atoms with Gasteiger partial charge in [-0.25, -0.2) is 4.98 Å². The van der Waals surface area contributed by atoms with Crippen molar-refractivity contribution >= 4 is 40.2 Å². The van der Waals surface area contributed by atoms with Crippen LogP contribution in [0.2, 0.25) is 0 Å². The number of aryl methyl sites for hydroxylation is 1. The first-order chi connectivity index (χ1) is 33.3. The van der Waals surface area contributed by atoms with E-state index in [0.717, 1.165) is 52.5 Å². The standard InChI is InChI=1S/C55H69N5O8S/c1-7-47(41-14-10-8-11-15-41)50(42-16-12-9-13-17-42)43-22-24-46(25-23-43)68-29-27-59(6)26-28-65-30-31-66-32-33-67-37-49(62)58-52(55(3,4)5)54(64)60-36-45(61)34-48(60)53(63)56-35-40-18-20-44(21-19-40)51-39(2)57-38-69-51/h8-25,38,45,48,52,61H,7,26-37H2,1-6H3,(H,56,63)(H,58,62)/b50-47-/t45-,48+,52?/m1/s1. The Hall–Kier alpha value is -5.74. The fourth-order valence-corrected chi connectivity index (χ4v) is 9.05. The van der Waals surface area contributed by atoms with Crippen molar-refractivity contribution in [2.45, 2.75) is 72.2 Å². The van der Waals surface area contributed by atoms with E-state index in [9.17, 15) is 19.5 Å². The third-order valence-corrected chi connectivity index (χ3v) is 13.0. The number of likely N-dealkylation sites (N-methyl/N-ethyl adjacent to an activating group) is 1. The molecule has 1 saturated heterocycles. The number of rotatable bonds is 25. The zero-order chi connectivity index (χ0) is 49.2. The zero-order valence-electron chi connectivity index (χ0n) is 40.9. The van der Waals surface area contributed by atoms with E-state index in [1.807, 2.05) is 88.8 Å². The highest BCUT2D eigenvalue weighted by Gasteiger charge is 2.44. The summed E-state index contributed by atoms with van der Waals surface area (Å²) in [7, 11) is 2.03. The summed E-state index contributed by atoms with van der Waals surface area (Å²) in [6.45, 7) is 13.5. The van der Waals surface area contributed by atoms with Crippen molar-refractivity contribution in [1.29, 1.82) is 0 Å². The Labute approximate surface area is 411 Å². The third kappa shape index (κ3) is 15.6. The lowest BCUT2D eigenvalue weighted by Gasteiger charge is -2.35. The van der Waals surface area contributed by atoms with Gasteiger partial charge in [0.1, 0.15) is 31.0 Å². The summed E-state index contributed by atoms with van der Waals surface area (Å²) in [5.74, 6) is -0.436. The molecule has 5 aromatic rings. The molecule has 0 bridgehead atoms. The van der Waals surface area contributed by atoms with Crippen molar-refractivity contribution in [2.24, 2.45) is 5.41 Å². The lowest BCUT2D eigenvalue weighted by Crippen LogP contribution is -2.58. The average Bonchev–Trinajstić information content (AvgIpc) is 3.97. The van der Waals surface area contributed by atoms with Crippen molar-refractivity contribution in [3.8, 4) is 16.2 Å². The van der Waals surface area contributed by atoms with Gasteiger partial charge < -0.3 is 44.5 Å². The number of β-amino-alcohol motifs (C(OH)–C–C–N with tert-alkyl or cyclic N) is 1. The van der Waals surface area contributed by atoms with Crippen LogP contribution in [-0.2, 0) is 35.1 Å². The molecule has 1 aromatic heterocycles. The number of aliphatic hydroxyl groups excluding tert-OH is 1. The van der Waals surface area contributed by atoms with Crippen LogP contribution in [0.1, 0.15) is 68.5 Å². The molecule has 1 fully saturated rings. The van der Waals surface area contributed by atoms with Gasteiger partial charge >= 0.3 is 0 Å². The van der Waals surface area contributed by atoms with E-state index < -0.39 is 35.4 Å². The number of nitrogens with one attached hydrogen (secondary N) is 2. The first kappa shape index (κ1) is 52.6. The van der Waals surface area contributed by atoms with E-state index >= 15 is 0 Å². The number of carbonyl (C=O) groups is 3. The Morgan fingerprint density at radius 3 is 2.04 bits per heavy atom. The SMILES string of the molecule is CC/C(=C(\c1ccccc1)c1ccc(OCCN(C)CCOCCOCCOCC(=O)NC(C(=O)N2C[C@H](O)C[C@H]2C(=O)NCc2ccc(-c3scnc3C)cc2)C(C)(C)C)cc1)c1ccccc1. The van der Waals surface area contributed by atoms with Gasteiger partial charge in [-0.1, -0.05) is 125 Å². The molecule has 13 nitrogen and oxygen atoms in total. The molecule has 0 radical (unpaired) electrons. The van der Waals surface area contributed by atoms with Crippen molar-refractivity contribution in [2.75, 3.05) is 72.9 Å². The predicted molar refractivity (Wildman–Crippen MR) is 273 cm³/mol. The number of benzene rings is 4. The van der Waals surface area contributed by atoms with Gasteiger partial charge in [0.25, 0.3) is 0 Å². The van der Waals surface area contributed by atoms with Crippen molar-refractivity contribution < 1.29 is 38.4 Å². The topological polar surface area (TPSA) is 152 Å². The lowest BCUT2D eigenvalue weighted by atomic mass is 9.85. The molecule has 4 aromatic carbocycles. The summed E-state index contributed by atoms with van der Waals surface area (Å²) in [5, 5.41) is 16.3. The Bertz CT molecular complexity index is 2400. The summed E-state index contributed by atoms with van der Waals surface area (Å²) < 4.78 is 23.1. The molecule has 69 heavy (non-hydrogen) atoms. The van der Waals surface area contributed by atoms with Crippen LogP contribution < -0.4 is 15.4 Å². The lowest BCUT2D eigenvalue weighted by molar-refractivity contribution is -0.144. The molecule has 0 saturated carbocycles. The molecular weight excluding hydrogens is 891 g/mol. The molecule has 1 unspecified atom stereocenters. The van der Waals surface area contributed by atoms with E-state index in [1.54, 1.807) is 11.3 Å². The fraction of sp³-hybridized carbons (Fsp3) is 0.418. The first-order valence-corrected chi connectivity index (χ1v) is 24.7. The number of hydrogen-bond donors (Lipinski definition) is 3. The Balaban J connectivity index is 0.835. The van der Waals surface area contributed by atoms with Crippen LogP contribution in [0.25, 0.3) is 21.6 Å². The van der Waals surface area contributed by atoms with Gasteiger partial charge in [0.05, 0.1) is 55.2 Å². The van der Waals surface area contributed by atoms with E-state index in [4.69, 9.17) is 18.9 Å². The first-order valence-electron chi connectivity index (χ1n) is 23.9. The molecule has 3 atom stereocenters. The second-order valence-electron chi connectivity index (χ2n) is 18.3. The number of hydrogen-bond acceptors (Lipinski definition) is 11. The summed E-state index contributed by atoms with van der Waals surface area (Å²) in [4.78, 5) is 49.3. The number of ether oxygens (including phenoxy) is 4. The molecule has 368 valence electrons. The van der Waals surface area contributed by atoms with Crippen LogP contribution in [0.4, 0.5) is 0 Å². The van der Waals surface area contributed by atoms with Crippen molar-refractivity contribution in [3.05, 3.63) is 143 Å². The molecule has 14 heteroatoms. The van der Waals surface area contributed by atoms with Crippen LogP contribution in [-0.4, -0.2) is 129 Å². The average molecular weight is 960 g/mol. The minimum atomic E-state index is -0.953. The summed E-state index contributed by atoms with van der Waals surface area (Å²) in [5.41, 5.74) is 10.2. The van der Waals surface area contributed by atoms with Gasteiger partial charge in [0, 0.05) is 32.6 Å². The minimum absolute atomic E-state index is 0.00707. The summed E-state index contributed by atoms with van der Waals surface area (Å²) in [6.07, 6.45) is 0.151. The number of carbonyl (C=O) groups excluding carboxylic acids is 3. The Kier molecular flexibility index (Phi) is 20.1. The predicted octanol–water partition coefficient (Wildman–Crippen LogP) is 7.66. The maximum Gasteiger partial charge on any atom is 0.246 e. The van der Waals surface area contributed by atoms with Crippen LogP contribution >= 0.6 is 11.3 Å². The number of aliphatic hydroxyl groups is 1. The molecule has 3 N–H and O–H groups in total. The molecule has 6 rings (SSSR count).